The maximum atomic E-state index is 8.79. The predicted molar refractivity (Wildman–Crippen MR) is 38.7 cm³/mol. The minimum atomic E-state index is -0.776. The minimum Gasteiger partial charge on any atom is -0.394 e. The lowest BCUT2D eigenvalue weighted by Gasteiger charge is -2.10. The van der Waals surface area contributed by atoms with Crippen LogP contribution in [-0.4, -0.2) is 35.6 Å². The van der Waals surface area contributed by atoms with Crippen molar-refractivity contribution in [3.05, 3.63) is 12.7 Å². The summed E-state index contributed by atoms with van der Waals surface area (Å²) in [7, 11) is 0. The first-order chi connectivity index (χ1) is 4.70. The fourth-order valence-electron chi connectivity index (χ4n) is 0.384. The van der Waals surface area contributed by atoms with Crippen molar-refractivity contribution in [2.45, 2.75) is 19.1 Å². The Morgan fingerprint density at radius 3 is 2.70 bits per heavy atom. The van der Waals surface area contributed by atoms with E-state index in [0.29, 0.717) is 0 Å². The van der Waals surface area contributed by atoms with Crippen LogP contribution >= 0.6 is 0 Å². The Morgan fingerprint density at radius 1 is 1.70 bits per heavy atom. The summed E-state index contributed by atoms with van der Waals surface area (Å²) in [5.41, 5.74) is 0. The molecule has 2 atom stereocenters. The molecule has 0 amide bonds. The van der Waals surface area contributed by atoms with E-state index in [1.54, 1.807) is 6.08 Å². The van der Waals surface area contributed by atoms with E-state index in [-0.39, 0.29) is 19.3 Å². The molecule has 60 valence electrons. The standard InChI is InChI=1S/C7H14O3/c1-3-6(2)10-5-7(9)4-8/h3,6-9H,1,4-5H2,2H3/t6-,7+/m0/s1. The van der Waals surface area contributed by atoms with Gasteiger partial charge in [0.2, 0.25) is 0 Å². The van der Waals surface area contributed by atoms with Gasteiger partial charge in [0.25, 0.3) is 0 Å². The molecule has 0 rings (SSSR count). The van der Waals surface area contributed by atoms with E-state index in [0.717, 1.165) is 0 Å². The highest BCUT2D eigenvalue weighted by Gasteiger charge is 2.02. The molecular weight excluding hydrogens is 132 g/mol. The molecule has 0 aliphatic carbocycles. The Balaban J connectivity index is 3.25. The fourth-order valence-corrected chi connectivity index (χ4v) is 0.384. The van der Waals surface area contributed by atoms with Crippen molar-refractivity contribution in [3.8, 4) is 0 Å². The van der Waals surface area contributed by atoms with E-state index in [9.17, 15) is 0 Å². The average Bonchev–Trinajstić information content (AvgIpc) is 1.99. The van der Waals surface area contributed by atoms with Gasteiger partial charge in [0.05, 0.1) is 19.3 Å². The third-order valence-electron chi connectivity index (χ3n) is 1.09. The smallest absolute Gasteiger partial charge is 0.100 e. The third-order valence-corrected chi connectivity index (χ3v) is 1.09. The number of rotatable bonds is 5. The van der Waals surface area contributed by atoms with E-state index in [2.05, 4.69) is 6.58 Å². The summed E-state index contributed by atoms with van der Waals surface area (Å²) in [5.74, 6) is 0. The number of hydrogen-bond acceptors (Lipinski definition) is 3. The van der Waals surface area contributed by atoms with Crippen molar-refractivity contribution < 1.29 is 14.9 Å². The number of hydrogen-bond donors (Lipinski definition) is 2. The normalized spacial score (nSPS) is 16.3. The van der Waals surface area contributed by atoms with Crippen molar-refractivity contribution in [1.82, 2.24) is 0 Å². The molecule has 2 N–H and O–H groups in total. The monoisotopic (exact) mass is 146 g/mol. The molecule has 0 aromatic heterocycles. The highest BCUT2D eigenvalue weighted by atomic mass is 16.5. The topological polar surface area (TPSA) is 49.7 Å². The molecule has 3 nitrogen and oxygen atoms in total. The Morgan fingerprint density at radius 2 is 2.30 bits per heavy atom. The molecule has 0 aromatic rings. The highest BCUT2D eigenvalue weighted by molar-refractivity contribution is 4.75. The van der Waals surface area contributed by atoms with Gasteiger partial charge in [0.1, 0.15) is 6.10 Å². The molecule has 3 heteroatoms. The minimum absolute atomic E-state index is 0.0683. The van der Waals surface area contributed by atoms with Gasteiger partial charge in [-0.05, 0) is 6.92 Å². The molecule has 0 radical (unpaired) electrons. The predicted octanol–water partition coefficient (Wildman–Crippen LogP) is -0.0693. The second-order valence-electron chi connectivity index (χ2n) is 2.11. The van der Waals surface area contributed by atoms with Gasteiger partial charge >= 0.3 is 0 Å². The molecule has 0 bridgehead atoms. The van der Waals surface area contributed by atoms with Gasteiger partial charge in [-0.1, -0.05) is 6.08 Å². The Kier molecular flexibility index (Phi) is 5.20. The lowest BCUT2D eigenvalue weighted by atomic mass is 10.4. The van der Waals surface area contributed by atoms with Gasteiger partial charge in [0, 0.05) is 0 Å². The zero-order valence-corrected chi connectivity index (χ0v) is 6.16. The summed E-state index contributed by atoms with van der Waals surface area (Å²) in [4.78, 5) is 0. The van der Waals surface area contributed by atoms with Gasteiger partial charge < -0.3 is 14.9 Å². The van der Waals surface area contributed by atoms with Crippen molar-refractivity contribution in [2.24, 2.45) is 0 Å². The molecule has 0 aliphatic heterocycles. The van der Waals surface area contributed by atoms with E-state index >= 15 is 0 Å². The summed E-state index contributed by atoms with van der Waals surface area (Å²) >= 11 is 0. The highest BCUT2D eigenvalue weighted by Crippen LogP contribution is 1.92. The second kappa shape index (κ2) is 5.41. The SMILES string of the molecule is C=C[C@H](C)OC[C@H](O)CO. The van der Waals surface area contributed by atoms with Crippen LogP contribution in [0, 0.1) is 0 Å². The Hall–Kier alpha value is -0.380. The van der Waals surface area contributed by atoms with Crippen molar-refractivity contribution in [2.75, 3.05) is 13.2 Å². The number of aliphatic hydroxyl groups is 2. The van der Waals surface area contributed by atoms with Gasteiger partial charge in [-0.15, -0.1) is 6.58 Å². The van der Waals surface area contributed by atoms with E-state index in [1.165, 1.54) is 0 Å². The second-order valence-corrected chi connectivity index (χ2v) is 2.11. The quantitative estimate of drug-likeness (QED) is 0.534. The summed E-state index contributed by atoms with van der Waals surface area (Å²) in [6.07, 6.45) is 0.785. The van der Waals surface area contributed by atoms with Crippen molar-refractivity contribution in [3.63, 3.8) is 0 Å². The molecule has 0 heterocycles. The maximum Gasteiger partial charge on any atom is 0.100 e. The zero-order valence-electron chi connectivity index (χ0n) is 6.16. The summed E-state index contributed by atoms with van der Waals surface area (Å²) in [6, 6.07) is 0. The summed E-state index contributed by atoms with van der Waals surface area (Å²) < 4.78 is 5.02. The van der Waals surface area contributed by atoms with E-state index < -0.39 is 6.10 Å². The fraction of sp³-hybridized carbons (Fsp3) is 0.714. The molecule has 0 saturated carbocycles. The van der Waals surface area contributed by atoms with Gasteiger partial charge in [-0.3, -0.25) is 0 Å². The molecule has 0 aromatic carbocycles. The lowest BCUT2D eigenvalue weighted by molar-refractivity contribution is -0.00863. The van der Waals surface area contributed by atoms with E-state index in [1.807, 2.05) is 6.92 Å². The van der Waals surface area contributed by atoms with Gasteiger partial charge in [-0.25, -0.2) is 0 Å². The first kappa shape index (κ1) is 9.62. The Bertz CT molecular complexity index is 92.9. The largest absolute Gasteiger partial charge is 0.394 e. The number of aliphatic hydroxyl groups excluding tert-OH is 2. The van der Waals surface area contributed by atoms with E-state index in [4.69, 9.17) is 14.9 Å². The average molecular weight is 146 g/mol. The van der Waals surface area contributed by atoms with Crippen LogP contribution in [0.15, 0.2) is 12.7 Å². The van der Waals surface area contributed by atoms with Crippen LogP contribution < -0.4 is 0 Å². The van der Waals surface area contributed by atoms with Crippen molar-refractivity contribution in [1.29, 1.82) is 0 Å². The van der Waals surface area contributed by atoms with Crippen LogP contribution in [0.4, 0.5) is 0 Å². The molecule has 0 unspecified atom stereocenters. The first-order valence-corrected chi connectivity index (χ1v) is 3.23. The van der Waals surface area contributed by atoms with Gasteiger partial charge in [0.15, 0.2) is 0 Å². The van der Waals surface area contributed by atoms with Crippen molar-refractivity contribution >= 4 is 0 Å². The summed E-state index contributed by atoms with van der Waals surface area (Å²) in [5, 5.41) is 17.2. The zero-order chi connectivity index (χ0) is 7.98. The van der Waals surface area contributed by atoms with Gasteiger partial charge in [-0.2, -0.15) is 0 Å². The van der Waals surface area contributed by atoms with Crippen LogP contribution in [0.25, 0.3) is 0 Å². The maximum absolute atomic E-state index is 8.79. The first-order valence-electron chi connectivity index (χ1n) is 3.23. The number of ether oxygens (including phenoxy) is 1. The Labute approximate surface area is 60.9 Å². The van der Waals surface area contributed by atoms with Crippen LogP contribution in [0.3, 0.4) is 0 Å². The molecule has 0 fully saturated rings. The molecule has 10 heavy (non-hydrogen) atoms. The molecule has 0 spiro atoms. The summed E-state index contributed by atoms with van der Waals surface area (Å²) in [6.45, 7) is 5.21. The molecule has 0 saturated heterocycles. The lowest BCUT2D eigenvalue weighted by Crippen LogP contribution is -2.21. The molecule has 0 aliphatic rings. The van der Waals surface area contributed by atoms with Crippen LogP contribution in [0.5, 0.6) is 0 Å². The van der Waals surface area contributed by atoms with Crippen LogP contribution in [0.2, 0.25) is 0 Å². The molecular formula is C7H14O3. The van der Waals surface area contributed by atoms with Crippen LogP contribution in [0.1, 0.15) is 6.92 Å². The third kappa shape index (κ3) is 4.49. The van der Waals surface area contributed by atoms with Crippen LogP contribution in [-0.2, 0) is 4.74 Å².